The number of anilines is 1. The van der Waals surface area contributed by atoms with E-state index >= 15 is 0 Å². The summed E-state index contributed by atoms with van der Waals surface area (Å²) in [6, 6.07) is 7.17. The summed E-state index contributed by atoms with van der Waals surface area (Å²) >= 11 is 9.36. The Bertz CT molecular complexity index is 624. The van der Waals surface area contributed by atoms with E-state index in [2.05, 4.69) is 21.2 Å². The van der Waals surface area contributed by atoms with Gasteiger partial charge in [-0.15, -0.1) is 0 Å². The molecule has 0 aliphatic heterocycles. The minimum absolute atomic E-state index is 0.0260. The number of aryl methyl sites for hydroxylation is 1. The van der Waals surface area contributed by atoms with Crippen molar-refractivity contribution >= 4 is 39.2 Å². The Morgan fingerprint density at radius 2 is 2.26 bits per heavy atom. The highest BCUT2D eigenvalue weighted by atomic mass is 79.9. The summed E-state index contributed by atoms with van der Waals surface area (Å²) in [5.74, 6) is -0.531. The Morgan fingerprint density at radius 1 is 1.53 bits per heavy atom. The van der Waals surface area contributed by atoms with Crippen LogP contribution in [0.25, 0.3) is 0 Å². The van der Waals surface area contributed by atoms with Crippen molar-refractivity contribution in [1.82, 2.24) is 0 Å². The van der Waals surface area contributed by atoms with Gasteiger partial charge in [-0.05, 0) is 41.1 Å². The summed E-state index contributed by atoms with van der Waals surface area (Å²) in [6.45, 7) is 2.08. The summed E-state index contributed by atoms with van der Waals surface area (Å²) < 4.78 is 6.02. The third-order valence-corrected chi connectivity index (χ3v) is 3.97. The van der Waals surface area contributed by atoms with Crippen LogP contribution in [0.15, 0.2) is 33.2 Å². The van der Waals surface area contributed by atoms with Crippen LogP contribution in [-0.2, 0) is 6.54 Å². The van der Waals surface area contributed by atoms with Crippen molar-refractivity contribution in [3.8, 4) is 0 Å². The number of nitrogens with one attached hydrogen (secondary N) is 1. The number of aromatic carboxylic acids is 1. The van der Waals surface area contributed by atoms with E-state index in [1.54, 1.807) is 19.1 Å². The molecule has 0 aliphatic rings. The number of rotatable bonds is 4. The van der Waals surface area contributed by atoms with Gasteiger partial charge >= 0.3 is 5.97 Å². The zero-order valence-corrected chi connectivity index (χ0v) is 12.4. The number of hydrogen-bond acceptors (Lipinski definition) is 3. The number of carboxylic acid groups (broad SMARTS) is 1. The Morgan fingerprint density at radius 3 is 2.89 bits per heavy atom. The van der Waals surface area contributed by atoms with Crippen LogP contribution in [0.1, 0.15) is 21.9 Å². The molecule has 0 amide bonds. The van der Waals surface area contributed by atoms with Gasteiger partial charge in [0.05, 0.1) is 21.7 Å². The second-order valence-electron chi connectivity index (χ2n) is 3.98. The van der Waals surface area contributed by atoms with E-state index in [4.69, 9.17) is 21.1 Å². The lowest BCUT2D eigenvalue weighted by molar-refractivity contribution is 0.0659. The van der Waals surface area contributed by atoms with Gasteiger partial charge in [0.15, 0.2) is 0 Å². The van der Waals surface area contributed by atoms with Gasteiger partial charge in [0.1, 0.15) is 5.76 Å². The number of benzene rings is 1. The van der Waals surface area contributed by atoms with Crippen molar-refractivity contribution < 1.29 is 14.3 Å². The van der Waals surface area contributed by atoms with Crippen LogP contribution in [0.3, 0.4) is 0 Å². The molecule has 0 unspecified atom stereocenters. The zero-order chi connectivity index (χ0) is 14.0. The molecule has 100 valence electrons. The maximum absolute atomic E-state index is 10.9. The average molecular weight is 345 g/mol. The average Bonchev–Trinajstić information content (AvgIpc) is 2.73. The standard InChI is InChI=1S/C13H11BrClNO3/c1-7-5-8(19-12(7)13(17)18)6-16-10-4-2-3-9(15)11(10)14/h2-5,16H,6H2,1H3,(H,17,18). The fourth-order valence-electron chi connectivity index (χ4n) is 1.67. The van der Waals surface area contributed by atoms with Gasteiger partial charge in [0.25, 0.3) is 0 Å². The summed E-state index contributed by atoms with van der Waals surface area (Å²) in [4.78, 5) is 10.9. The maximum Gasteiger partial charge on any atom is 0.372 e. The Kier molecular flexibility index (Phi) is 4.17. The molecule has 1 heterocycles. The Labute approximate surface area is 123 Å². The fraction of sp³-hybridized carbons (Fsp3) is 0.154. The molecular formula is C13H11BrClNO3. The Hall–Kier alpha value is -1.46. The van der Waals surface area contributed by atoms with Crippen molar-refractivity contribution in [2.45, 2.75) is 13.5 Å². The molecule has 2 N–H and O–H groups in total. The molecule has 4 nitrogen and oxygen atoms in total. The lowest BCUT2D eigenvalue weighted by Crippen LogP contribution is -1.99. The topological polar surface area (TPSA) is 62.5 Å². The molecule has 0 fully saturated rings. The van der Waals surface area contributed by atoms with Gasteiger partial charge in [-0.3, -0.25) is 0 Å². The zero-order valence-electron chi connectivity index (χ0n) is 10.0. The van der Waals surface area contributed by atoms with Gasteiger partial charge in [-0.1, -0.05) is 17.7 Å². The molecule has 0 atom stereocenters. The number of carbonyl (C=O) groups is 1. The second-order valence-corrected chi connectivity index (χ2v) is 5.19. The first-order valence-electron chi connectivity index (χ1n) is 5.49. The van der Waals surface area contributed by atoms with E-state index in [0.29, 0.717) is 22.9 Å². The van der Waals surface area contributed by atoms with Crippen LogP contribution in [-0.4, -0.2) is 11.1 Å². The fourth-order valence-corrected chi connectivity index (χ4v) is 2.25. The smallest absolute Gasteiger partial charge is 0.372 e. The van der Waals surface area contributed by atoms with Gasteiger partial charge in [-0.2, -0.15) is 0 Å². The molecular weight excluding hydrogens is 334 g/mol. The molecule has 0 aliphatic carbocycles. The maximum atomic E-state index is 10.9. The predicted molar refractivity (Wildman–Crippen MR) is 76.9 cm³/mol. The van der Waals surface area contributed by atoms with Gasteiger partial charge in [0.2, 0.25) is 5.76 Å². The van der Waals surface area contributed by atoms with Crippen molar-refractivity contribution in [1.29, 1.82) is 0 Å². The molecule has 0 spiro atoms. The van der Waals surface area contributed by atoms with Crippen molar-refractivity contribution in [2.24, 2.45) is 0 Å². The van der Waals surface area contributed by atoms with Crippen LogP contribution >= 0.6 is 27.5 Å². The first kappa shape index (κ1) is 14.0. The minimum atomic E-state index is -1.06. The summed E-state index contributed by atoms with van der Waals surface area (Å²) in [5, 5.41) is 12.6. The number of carboxylic acids is 1. The van der Waals surface area contributed by atoms with E-state index in [0.717, 1.165) is 10.2 Å². The number of furan rings is 1. The van der Waals surface area contributed by atoms with Crippen molar-refractivity contribution in [3.05, 3.63) is 50.8 Å². The highest BCUT2D eigenvalue weighted by Gasteiger charge is 2.14. The molecule has 19 heavy (non-hydrogen) atoms. The van der Waals surface area contributed by atoms with Gasteiger partial charge in [0, 0.05) is 5.56 Å². The van der Waals surface area contributed by atoms with Crippen LogP contribution in [0, 0.1) is 6.92 Å². The van der Waals surface area contributed by atoms with Crippen LogP contribution in [0.5, 0.6) is 0 Å². The SMILES string of the molecule is Cc1cc(CNc2cccc(Cl)c2Br)oc1C(=O)O. The summed E-state index contributed by atoms with van der Waals surface area (Å²) in [6.07, 6.45) is 0. The highest BCUT2D eigenvalue weighted by Crippen LogP contribution is 2.30. The van der Waals surface area contributed by atoms with Gasteiger partial charge < -0.3 is 14.8 Å². The second kappa shape index (κ2) is 5.67. The van der Waals surface area contributed by atoms with Gasteiger partial charge in [-0.25, -0.2) is 4.79 Å². The number of halogens is 2. The largest absolute Gasteiger partial charge is 0.475 e. The molecule has 1 aromatic heterocycles. The van der Waals surface area contributed by atoms with Crippen LogP contribution < -0.4 is 5.32 Å². The first-order valence-corrected chi connectivity index (χ1v) is 6.66. The van der Waals surface area contributed by atoms with E-state index in [1.165, 1.54) is 0 Å². The molecule has 2 aromatic rings. The minimum Gasteiger partial charge on any atom is -0.475 e. The van der Waals surface area contributed by atoms with Crippen molar-refractivity contribution in [3.63, 3.8) is 0 Å². The normalized spacial score (nSPS) is 10.5. The highest BCUT2D eigenvalue weighted by molar-refractivity contribution is 9.10. The molecule has 6 heteroatoms. The number of hydrogen-bond donors (Lipinski definition) is 2. The Balaban J connectivity index is 2.13. The quantitative estimate of drug-likeness (QED) is 0.867. The molecule has 0 bridgehead atoms. The van der Waals surface area contributed by atoms with Crippen molar-refractivity contribution in [2.75, 3.05) is 5.32 Å². The monoisotopic (exact) mass is 343 g/mol. The van der Waals surface area contributed by atoms with Crippen LogP contribution in [0.4, 0.5) is 5.69 Å². The molecule has 2 rings (SSSR count). The molecule has 0 radical (unpaired) electrons. The summed E-state index contributed by atoms with van der Waals surface area (Å²) in [5.41, 5.74) is 1.42. The third-order valence-electron chi connectivity index (χ3n) is 2.57. The van der Waals surface area contributed by atoms with E-state index in [1.807, 2.05) is 12.1 Å². The lowest BCUT2D eigenvalue weighted by Gasteiger charge is -2.07. The molecule has 0 saturated heterocycles. The van der Waals surface area contributed by atoms with Crippen LogP contribution in [0.2, 0.25) is 5.02 Å². The van der Waals surface area contributed by atoms with E-state index in [9.17, 15) is 4.79 Å². The summed E-state index contributed by atoms with van der Waals surface area (Å²) in [7, 11) is 0. The first-order chi connectivity index (χ1) is 8.99. The molecule has 1 aromatic carbocycles. The van der Waals surface area contributed by atoms with E-state index < -0.39 is 5.97 Å². The lowest BCUT2D eigenvalue weighted by atomic mass is 10.2. The van der Waals surface area contributed by atoms with E-state index in [-0.39, 0.29) is 5.76 Å². The predicted octanol–water partition coefficient (Wildman–Crippen LogP) is 4.31. The molecule has 0 saturated carbocycles. The third kappa shape index (κ3) is 3.11.